The maximum absolute atomic E-state index is 12.2. The lowest BCUT2D eigenvalue weighted by molar-refractivity contribution is 0.0227. The molecule has 2 heterocycles. The Labute approximate surface area is 132 Å². The number of hydrogen-bond donors (Lipinski definition) is 1. The Bertz CT molecular complexity index is 493. The first-order valence-electron chi connectivity index (χ1n) is 8.03. The van der Waals surface area contributed by atoms with Gasteiger partial charge in [-0.2, -0.15) is 0 Å². The van der Waals surface area contributed by atoms with E-state index < -0.39 is 5.60 Å². The number of aromatic nitrogens is 2. The fraction of sp³-hybridized carbons (Fsp3) is 0.750. The van der Waals surface area contributed by atoms with Gasteiger partial charge in [0.2, 0.25) is 0 Å². The van der Waals surface area contributed by atoms with Crippen molar-refractivity contribution in [2.24, 2.45) is 7.05 Å². The first-order valence-corrected chi connectivity index (χ1v) is 8.03. The Morgan fingerprint density at radius 1 is 1.50 bits per heavy atom. The lowest BCUT2D eigenvalue weighted by atomic mass is 10.2. The number of nitrogens with one attached hydrogen (secondary N) is 1. The molecule has 0 aliphatic carbocycles. The quantitative estimate of drug-likeness (QED) is 0.845. The van der Waals surface area contributed by atoms with Crippen LogP contribution >= 0.6 is 0 Å². The van der Waals surface area contributed by atoms with Crippen molar-refractivity contribution >= 4 is 6.09 Å². The van der Waals surface area contributed by atoms with E-state index in [1.807, 2.05) is 49.7 Å². The summed E-state index contributed by atoms with van der Waals surface area (Å²) < 4.78 is 7.51. The number of nitrogens with zero attached hydrogens (tertiary/aromatic N) is 3. The number of carbonyl (C=O) groups excluding carboxylic acids is 1. The summed E-state index contributed by atoms with van der Waals surface area (Å²) >= 11 is 0. The summed E-state index contributed by atoms with van der Waals surface area (Å²) in [7, 11) is 2.00. The van der Waals surface area contributed by atoms with Crippen molar-refractivity contribution < 1.29 is 9.53 Å². The summed E-state index contributed by atoms with van der Waals surface area (Å²) in [5.74, 6) is 1.07. The van der Waals surface area contributed by atoms with E-state index in [0.29, 0.717) is 0 Å². The van der Waals surface area contributed by atoms with Gasteiger partial charge >= 0.3 is 6.09 Å². The van der Waals surface area contributed by atoms with Crippen LogP contribution in [0.3, 0.4) is 0 Å². The number of amides is 1. The van der Waals surface area contributed by atoms with Gasteiger partial charge < -0.3 is 19.5 Å². The van der Waals surface area contributed by atoms with E-state index in [1.165, 1.54) is 0 Å². The Kier molecular flexibility index (Phi) is 5.45. The Balaban J connectivity index is 1.74. The molecule has 1 fully saturated rings. The van der Waals surface area contributed by atoms with Crippen molar-refractivity contribution in [2.75, 3.05) is 19.6 Å². The molecule has 2 rings (SSSR count). The fourth-order valence-electron chi connectivity index (χ4n) is 2.72. The molecule has 1 aromatic heterocycles. The number of likely N-dealkylation sites (tertiary alicyclic amines) is 1. The molecule has 1 aliphatic heterocycles. The van der Waals surface area contributed by atoms with E-state index in [4.69, 9.17) is 4.74 Å². The molecule has 1 aromatic rings. The van der Waals surface area contributed by atoms with E-state index in [0.717, 1.165) is 44.7 Å². The number of imidazole rings is 1. The van der Waals surface area contributed by atoms with Gasteiger partial charge in [0.1, 0.15) is 11.4 Å². The molecule has 124 valence electrons. The van der Waals surface area contributed by atoms with E-state index in [9.17, 15) is 4.79 Å². The van der Waals surface area contributed by atoms with Crippen molar-refractivity contribution in [2.45, 2.75) is 51.7 Å². The van der Waals surface area contributed by atoms with Crippen LogP contribution < -0.4 is 5.32 Å². The molecule has 22 heavy (non-hydrogen) atoms. The largest absolute Gasteiger partial charge is 0.444 e. The predicted molar refractivity (Wildman–Crippen MR) is 85.7 cm³/mol. The summed E-state index contributed by atoms with van der Waals surface area (Å²) in [6.07, 6.45) is 6.55. The third kappa shape index (κ3) is 4.73. The van der Waals surface area contributed by atoms with Crippen molar-refractivity contribution in [1.82, 2.24) is 19.8 Å². The van der Waals surface area contributed by atoms with Gasteiger partial charge in [0.05, 0.1) is 0 Å². The first-order chi connectivity index (χ1) is 10.4. The molecule has 0 bridgehead atoms. The fourth-order valence-corrected chi connectivity index (χ4v) is 2.72. The summed E-state index contributed by atoms with van der Waals surface area (Å²) in [6.45, 7) is 8.18. The zero-order valence-corrected chi connectivity index (χ0v) is 14.1. The van der Waals surface area contributed by atoms with E-state index in [2.05, 4.69) is 10.3 Å². The lowest BCUT2D eigenvalue weighted by Crippen LogP contribution is -2.44. The van der Waals surface area contributed by atoms with Crippen LogP contribution in [-0.4, -0.2) is 51.8 Å². The van der Waals surface area contributed by atoms with Gasteiger partial charge in [-0.05, 0) is 33.6 Å². The molecule has 1 N–H and O–H groups in total. The minimum absolute atomic E-state index is 0.194. The number of ether oxygens (including phenoxy) is 1. The molecule has 1 saturated heterocycles. The highest BCUT2D eigenvalue weighted by Gasteiger charge is 2.31. The van der Waals surface area contributed by atoms with Gasteiger partial charge in [-0.25, -0.2) is 9.78 Å². The smallest absolute Gasteiger partial charge is 0.410 e. The SMILES string of the molecule is Cn1ccnc1CCNCC1CCCN1C(=O)OC(C)(C)C. The van der Waals surface area contributed by atoms with Crippen LogP contribution in [0.5, 0.6) is 0 Å². The maximum Gasteiger partial charge on any atom is 0.410 e. The third-order valence-corrected chi connectivity index (χ3v) is 3.83. The van der Waals surface area contributed by atoms with Crippen LogP contribution in [0.25, 0.3) is 0 Å². The minimum atomic E-state index is -0.435. The summed E-state index contributed by atoms with van der Waals surface area (Å²) in [5, 5.41) is 3.44. The second kappa shape index (κ2) is 7.13. The molecule has 1 atom stereocenters. The second-order valence-electron chi connectivity index (χ2n) is 6.88. The Hall–Kier alpha value is -1.56. The molecule has 1 amide bonds. The standard InChI is InChI=1S/C16H28N4O2/c1-16(2,3)22-15(21)20-10-5-6-13(20)12-17-8-7-14-18-9-11-19(14)4/h9,11,13,17H,5-8,10,12H2,1-4H3. The number of carbonyl (C=O) groups is 1. The lowest BCUT2D eigenvalue weighted by Gasteiger charge is -2.28. The molecular formula is C16H28N4O2. The number of hydrogen-bond acceptors (Lipinski definition) is 4. The normalized spacial score (nSPS) is 18.7. The van der Waals surface area contributed by atoms with Crippen LogP contribution in [0.2, 0.25) is 0 Å². The molecule has 0 radical (unpaired) electrons. The monoisotopic (exact) mass is 308 g/mol. The van der Waals surface area contributed by atoms with Crippen LogP contribution in [0.15, 0.2) is 12.4 Å². The van der Waals surface area contributed by atoms with E-state index >= 15 is 0 Å². The summed E-state index contributed by atoms with van der Waals surface area (Å²) in [6, 6.07) is 0.233. The highest BCUT2D eigenvalue weighted by Crippen LogP contribution is 2.20. The first kappa shape index (κ1) is 16.8. The minimum Gasteiger partial charge on any atom is -0.444 e. The van der Waals surface area contributed by atoms with E-state index in [-0.39, 0.29) is 12.1 Å². The van der Waals surface area contributed by atoms with Crippen LogP contribution in [-0.2, 0) is 18.2 Å². The average molecular weight is 308 g/mol. The topological polar surface area (TPSA) is 59.4 Å². The van der Waals surface area contributed by atoms with Crippen LogP contribution in [0.1, 0.15) is 39.4 Å². The number of rotatable bonds is 5. The van der Waals surface area contributed by atoms with Crippen LogP contribution in [0.4, 0.5) is 4.79 Å². The number of aryl methyl sites for hydroxylation is 1. The van der Waals surface area contributed by atoms with Gasteiger partial charge in [0.15, 0.2) is 0 Å². The van der Waals surface area contributed by atoms with Gasteiger partial charge in [0, 0.05) is 51.5 Å². The molecule has 0 saturated carbocycles. The van der Waals surface area contributed by atoms with Crippen molar-refractivity contribution in [3.05, 3.63) is 18.2 Å². The predicted octanol–water partition coefficient (Wildman–Crippen LogP) is 1.95. The second-order valence-corrected chi connectivity index (χ2v) is 6.88. The van der Waals surface area contributed by atoms with Gasteiger partial charge in [-0.1, -0.05) is 0 Å². The molecule has 1 aliphatic rings. The van der Waals surface area contributed by atoms with Crippen molar-refractivity contribution in [3.63, 3.8) is 0 Å². The zero-order chi connectivity index (χ0) is 16.2. The molecular weight excluding hydrogens is 280 g/mol. The molecule has 0 aromatic carbocycles. The average Bonchev–Trinajstić information content (AvgIpc) is 3.02. The highest BCUT2D eigenvalue weighted by atomic mass is 16.6. The van der Waals surface area contributed by atoms with Gasteiger partial charge in [-0.15, -0.1) is 0 Å². The van der Waals surface area contributed by atoms with Crippen LogP contribution in [0, 0.1) is 0 Å². The molecule has 6 nitrogen and oxygen atoms in total. The Morgan fingerprint density at radius 3 is 2.91 bits per heavy atom. The van der Waals surface area contributed by atoms with Crippen molar-refractivity contribution in [3.8, 4) is 0 Å². The van der Waals surface area contributed by atoms with Gasteiger partial charge in [0.25, 0.3) is 0 Å². The zero-order valence-electron chi connectivity index (χ0n) is 14.1. The summed E-state index contributed by atoms with van der Waals surface area (Å²) in [4.78, 5) is 18.4. The molecule has 0 spiro atoms. The highest BCUT2D eigenvalue weighted by molar-refractivity contribution is 5.69. The maximum atomic E-state index is 12.2. The van der Waals surface area contributed by atoms with Gasteiger partial charge in [-0.3, -0.25) is 0 Å². The molecule has 6 heteroatoms. The molecule has 1 unspecified atom stereocenters. The van der Waals surface area contributed by atoms with E-state index in [1.54, 1.807) is 0 Å². The summed E-state index contributed by atoms with van der Waals surface area (Å²) in [5.41, 5.74) is -0.435. The van der Waals surface area contributed by atoms with Crippen molar-refractivity contribution in [1.29, 1.82) is 0 Å². The third-order valence-electron chi connectivity index (χ3n) is 3.83. The Morgan fingerprint density at radius 2 is 2.27 bits per heavy atom.